The molecule has 1 saturated heterocycles. The number of nitrogens with one attached hydrogen (secondary N) is 1. The summed E-state index contributed by atoms with van der Waals surface area (Å²) >= 11 is 1.46. The standard InChI is InChI=1S/C18H23N5O2S/c1-21(2)16(24)11-22-7-9-23(10-8-22)17(25)12-26-18-14-5-3-4-6-15(14)19-13-20-18/h3-6,13H,7-12H2,1-2H3/p+1. The van der Waals surface area contributed by atoms with Gasteiger partial charge in [0.25, 0.3) is 5.91 Å². The van der Waals surface area contributed by atoms with Gasteiger partial charge in [-0.15, -0.1) is 0 Å². The fourth-order valence-electron chi connectivity index (χ4n) is 2.94. The number of fused-ring (bicyclic) bond motifs is 1. The van der Waals surface area contributed by atoms with E-state index in [1.165, 1.54) is 16.7 Å². The van der Waals surface area contributed by atoms with Crippen LogP contribution in [-0.4, -0.2) is 84.2 Å². The van der Waals surface area contributed by atoms with E-state index in [0.29, 0.717) is 25.4 Å². The van der Waals surface area contributed by atoms with Crippen LogP contribution in [0.1, 0.15) is 0 Å². The van der Waals surface area contributed by atoms with Gasteiger partial charge in [0.15, 0.2) is 6.54 Å². The van der Waals surface area contributed by atoms with Crippen molar-refractivity contribution in [2.45, 2.75) is 5.03 Å². The van der Waals surface area contributed by atoms with Gasteiger partial charge in [0.05, 0.1) is 37.4 Å². The quantitative estimate of drug-likeness (QED) is 0.566. The number of likely N-dealkylation sites (N-methyl/N-ethyl adjacent to an activating group) is 1. The van der Waals surface area contributed by atoms with Crippen LogP contribution < -0.4 is 4.90 Å². The van der Waals surface area contributed by atoms with Gasteiger partial charge in [-0.05, 0) is 6.07 Å². The molecule has 0 aliphatic carbocycles. The largest absolute Gasteiger partial charge is 0.344 e. The zero-order valence-corrected chi connectivity index (χ0v) is 16.0. The van der Waals surface area contributed by atoms with Crippen LogP contribution in [0.3, 0.4) is 0 Å². The van der Waals surface area contributed by atoms with E-state index in [4.69, 9.17) is 0 Å². The highest BCUT2D eigenvalue weighted by Crippen LogP contribution is 2.24. The Morgan fingerprint density at radius 3 is 2.65 bits per heavy atom. The Morgan fingerprint density at radius 2 is 1.92 bits per heavy atom. The minimum atomic E-state index is 0.121. The minimum Gasteiger partial charge on any atom is -0.344 e. The number of para-hydroxylation sites is 1. The lowest BCUT2D eigenvalue weighted by atomic mass is 10.2. The number of rotatable bonds is 5. The molecule has 8 heteroatoms. The molecule has 0 saturated carbocycles. The van der Waals surface area contributed by atoms with Crippen LogP contribution in [0.5, 0.6) is 0 Å². The molecule has 2 aromatic rings. The highest BCUT2D eigenvalue weighted by Gasteiger charge is 2.25. The number of carbonyl (C=O) groups is 2. The highest BCUT2D eigenvalue weighted by molar-refractivity contribution is 8.00. The van der Waals surface area contributed by atoms with Gasteiger partial charge in [-0.1, -0.05) is 30.0 Å². The van der Waals surface area contributed by atoms with Crippen molar-refractivity contribution in [1.29, 1.82) is 0 Å². The van der Waals surface area contributed by atoms with Gasteiger partial charge in [-0.3, -0.25) is 9.59 Å². The van der Waals surface area contributed by atoms with Crippen molar-refractivity contribution in [2.75, 3.05) is 52.6 Å². The third-order valence-electron chi connectivity index (χ3n) is 4.56. The molecule has 1 N–H and O–H groups in total. The fourth-order valence-corrected chi connectivity index (χ4v) is 3.83. The second-order valence-electron chi connectivity index (χ2n) is 6.58. The second-order valence-corrected chi connectivity index (χ2v) is 7.54. The van der Waals surface area contributed by atoms with Crippen LogP contribution in [0.15, 0.2) is 35.6 Å². The van der Waals surface area contributed by atoms with Crippen molar-refractivity contribution in [3.8, 4) is 0 Å². The van der Waals surface area contributed by atoms with Crippen LogP contribution in [-0.2, 0) is 9.59 Å². The van der Waals surface area contributed by atoms with Crippen LogP contribution in [0, 0.1) is 0 Å². The Morgan fingerprint density at radius 1 is 1.19 bits per heavy atom. The maximum atomic E-state index is 12.5. The molecule has 26 heavy (non-hydrogen) atoms. The van der Waals surface area contributed by atoms with Gasteiger partial charge in [-0.25, -0.2) is 9.97 Å². The average molecular weight is 374 g/mol. The molecule has 1 fully saturated rings. The summed E-state index contributed by atoms with van der Waals surface area (Å²) < 4.78 is 0. The number of hydrogen-bond donors (Lipinski definition) is 1. The van der Waals surface area contributed by atoms with Crippen LogP contribution >= 0.6 is 11.8 Å². The first kappa shape index (κ1) is 18.6. The van der Waals surface area contributed by atoms with Crippen molar-refractivity contribution in [1.82, 2.24) is 19.8 Å². The number of thioether (sulfide) groups is 1. The number of nitrogens with zero attached hydrogens (tertiary/aromatic N) is 4. The summed E-state index contributed by atoms with van der Waals surface area (Å²) in [5, 5.41) is 1.81. The van der Waals surface area contributed by atoms with E-state index < -0.39 is 0 Å². The third-order valence-corrected chi connectivity index (χ3v) is 5.55. The topological polar surface area (TPSA) is 70.8 Å². The molecular weight excluding hydrogens is 350 g/mol. The molecule has 0 spiro atoms. The molecule has 7 nitrogen and oxygen atoms in total. The van der Waals surface area contributed by atoms with Gasteiger partial charge in [0, 0.05) is 19.5 Å². The molecule has 1 aromatic heterocycles. The van der Waals surface area contributed by atoms with E-state index in [1.54, 1.807) is 25.3 Å². The van der Waals surface area contributed by atoms with Crippen molar-refractivity contribution >= 4 is 34.5 Å². The van der Waals surface area contributed by atoms with E-state index in [-0.39, 0.29) is 11.8 Å². The molecule has 0 unspecified atom stereocenters. The summed E-state index contributed by atoms with van der Waals surface area (Å²) in [5.41, 5.74) is 0.889. The van der Waals surface area contributed by atoms with Crippen molar-refractivity contribution in [2.24, 2.45) is 0 Å². The molecule has 2 heterocycles. The van der Waals surface area contributed by atoms with Crippen LogP contribution in [0.4, 0.5) is 0 Å². The van der Waals surface area contributed by atoms with E-state index in [2.05, 4.69) is 9.97 Å². The predicted octanol–water partition coefficient (Wildman–Crippen LogP) is -0.463. The summed E-state index contributed by atoms with van der Waals surface area (Å²) in [6.07, 6.45) is 1.54. The number of hydrogen-bond acceptors (Lipinski definition) is 5. The lowest BCUT2D eigenvalue weighted by Crippen LogP contribution is -3.15. The minimum absolute atomic E-state index is 0.121. The summed E-state index contributed by atoms with van der Waals surface area (Å²) in [6.45, 7) is 3.51. The summed E-state index contributed by atoms with van der Waals surface area (Å²) in [6, 6.07) is 7.82. The first-order chi connectivity index (χ1) is 12.5. The second kappa shape index (κ2) is 8.46. The Balaban J connectivity index is 1.51. The van der Waals surface area contributed by atoms with Gasteiger partial charge < -0.3 is 14.7 Å². The van der Waals surface area contributed by atoms with E-state index in [0.717, 1.165) is 29.0 Å². The van der Waals surface area contributed by atoms with Gasteiger partial charge in [-0.2, -0.15) is 0 Å². The van der Waals surface area contributed by atoms with E-state index in [1.807, 2.05) is 29.2 Å². The van der Waals surface area contributed by atoms with Crippen molar-refractivity contribution in [3.63, 3.8) is 0 Å². The maximum absolute atomic E-state index is 12.5. The first-order valence-corrected chi connectivity index (χ1v) is 9.67. The third kappa shape index (κ3) is 4.50. The Kier molecular flexibility index (Phi) is 6.05. The van der Waals surface area contributed by atoms with Crippen LogP contribution in [0.2, 0.25) is 0 Å². The predicted molar refractivity (Wildman–Crippen MR) is 101 cm³/mol. The summed E-state index contributed by atoms with van der Waals surface area (Å²) in [4.78, 5) is 37.6. The smallest absolute Gasteiger partial charge is 0.277 e. The highest BCUT2D eigenvalue weighted by atomic mass is 32.2. The van der Waals surface area contributed by atoms with Crippen molar-refractivity contribution in [3.05, 3.63) is 30.6 Å². The lowest BCUT2D eigenvalue weighted by molar-refractivity contribution is -0.896. The number of amides is 2. The number of quaternary nitrogens is 1. The average Bonchev–Trinajstić information content (AvgIpc) is 2.66. The zero-order chi connectivity index (χ0) is 18.5. The number of piperazine rings is 1. The summed E-state index contributed by atoms with van der Waals surface area (Å²) in [5.74, 6) is 0.620. The molecule has 0 radical (unpaired) electrons. The lowest BCUT2D eigenvalue weighted by Gasteiger charge is -2.32. The molecular formula is C18H24N5O2S+. The van der Waals surface area contributed by atoms with E-state index in [9.17, 15) is 9.59 Å². The van der Waals surface area contributed by atoms with E-state index >= 15 is 0 Å². The van der Waals surface area contributed by atoms with Gasteiger partial charge in [0.1, 0.15) is 11.4 Å². The maximum Gasteiger partial charge on any atom is 0.277 e. The fraction of sp³-hybridized carbons (Fsp3) is 0.444. The Labute approximate surface area is 157 Å². The normalized spacial score (nSPS) is 15.2. The Hall–Kier alpha value is -2.19. The molecule has 3 rings (SSSR count). The molecule has 0 atom stereocenters. The SMILES string of the molecule is CN(C)C(=O)C[NH+]1CCN(C(=O)CSc2ncnc3ccccc23)CC1. The molecule has 1 aromatic carbocycles. The molecule has 2 amide bonds. The zero-order valence-electron chi connectivity index (χ0n) is 15.1. The monoisotopic (exact) mass is 374 g/mol. The molecule has 1 aliphatic heterocycles. The molecule has 138 valence electrons. The van der Waals surface area contributed by atoms with Gasteiger partial charge in [0.2, 0.25) is 5.91 Å². The number of benzene rings is 1. The molecule has 0 bridgehead atoms. The summed E-state index contributed by atoms with van der Waals surface area (Å²) in [7, 11) is 3.55. The van der Waals surface area contributed by atoms with Crippen LogP contribution in [0.25, 0.3) is 10.9 Å². The first-order valence-electron chi connectivity index (χ1n) is 8.68. The van der Waals surface area contributed by atoms with Gasteiger partial charge >= 0.3 is 0 Å². The molecule has 1 aliphatic rings. The number of carbonyl (C=O) groups excluding carboxylic acids is 2. The number of aromatic nitrogens is 2. The Bertz CT molecular complexity index is 785. The van der Waals surface area contributed by atoms with Crippen molar-refractivity contribution < 1.29 is 14.5 Å².